The van der Waals surface area contributed by atoms with E-state index in [4.69, 9.17) is 4.74 Å². The van der Waals surface area contributed by atoms with Crippen molar-refractivity contribution in [2.24, 2.45) is 0 Å². The Bertz CT molecular complexity index is 1150. The molecule has 0 spiro atoms. The second kappa shape index (κ2) is 6.92. The van der Waals surface area contributed by atoms with Crippen molar-refractivity contribution in [1.82, 2.24) is 19.9 Å². The molecule has 0 N–H and O–H groups in total. The van der Waals surface area contributed by atoms with E-state index in [1.165, 1.54) is 18.5 Å². The van der Waals surface area contributed by atoms with Gasteiger partial charge in [-0.3, -0.25) is 0 Å². The van der Waals surface area contributed by atoms with Crippen LogP contribution < -0.4 is 4.74 Å². The third-order valence-corrected chi connectivity index (χ3v) is 4.18. The number of rotatable bonds is 4. The van der Waals surface area contributed by atoms with Gasteiger partial charge in [-0.2, -0.15) is 0 Å². The average Bonchev–Trinajstić information content (AvgIpc) is 2.72. The molecule has 2 heterocycles. The Kier molecular flexibility index (Phi) is 4.30. The van der Waals surface area contributed by atoms with Crippen LogP contribution in [0.3, 0.4) is 0 Å². The second-order valence-electron chi connectivity index (χ2n) is 5.85. The highest BCUT2D eigenvalue weighted by atomic mass is 19.1. The predicted molar refractivity (Wildman–Crippen MR) is 103 cm³/mol. The van der Waals surface area contributed by atoms with Crippen molar-refractivity contribution in [1.29, 1.82) is 0 Å². The van der Waals surface area contributed by atoms with Crippen LogP contribution in [-0.4, -0.2) is 27.0 Å². The summed E-state index contributed by atoms with van der Waals surface area (Å²) in [6, 6.07) is 10.1. The molecule has 4 aromatic rings. The molecule has 0 unspecified atom stereocenters. The van der Waals surface area contributed by atoms with Crippen LogP contribution in [0.25, 0.3) is 39.5 Å². The van der Waals surface area contributed by atoms with Gasteiger partial charge in [-0.15, -0.1) is 0 Å². The van der Waals surface area contributed by atoms with Crippen LogP contribution in [0.4, 0.5) is 4.39 Å². The Balaban J connectivity index is 1.99. The van der Waals surface area contributed by atoms with Crippen LogP contribution in [0.2, 0.25) is 0 Å². The molecule has 0 fully saturated rings. The summed E-state index contributed by atoms with van der Waals surface area (Å²) in [6.07, 6.45) is 6.40. The van der Waals surface area contributed by atoms with Gasteiger partial charge in [0.05, 0.1) is 18.4 Å². The van der Waals surface area contributed by atoms with Gasteiger partial charge in [-0.25, -0.2) is 24.3 Å². The minimum atomic E-state index is -0.300. The number of ether oxygens (including phenoxy) is 1. The number of methoxy groups -OCH3 is 1. The van der Waals surface area contributed by atoms with E-state index >= 15 is 0 Å². The quantitative estimate of drug-likeness (QED) is 0.536. The molecule has 0 bridgehead atoms. The van der Waals surface area contributed by atoms with Gasteiger partial charge in [0.15, 0.2) is 5.82 Å². The van der Waals surface area contributed by atoms with Crippen LogP contribution in [-0.2, 0) is 0 Å². The number of aromatic nitrogens is 4. The molecule has 0 radical (unpaired) electrons. The summed E-state index contributed by atoms with van der Waals surface area (Å²) in [7, 11) is 1.57. The van der Waals surface area contributed by atoms with Gasteiger partial charge in [-0.1, -0.05) is 18.7 Å². The normalized spacial score (nSPS) is 10.7. The van der Waals surface area contributed by atoms with Crippen LogP contribution in [0.5, 0.6) is 5.75 Å². The Labute approximate surface area is 155 Å². The van der Waals surface area contributed by atoms with E-state index < -0.39 is 0 Å². The molecule has 132 valence electrons. The van der Waals surface area contributed by atoms with Crippen molar-refractivity contribution in [2.75, 3.05) is 7.11 Å². The van der Waals surface area contributed by atoms with E-state index in [0.29, 0.717) is 28.3 Å². The first-order chi connectivity index (χ1) is 13.2. The molecule has 2 aromatic heterocycles. The van der Waals surface area contributed by atoms with E-state index in [9.17, 15) is 4.39 Å². The third-order valence-electron chi connectivity index (χ3n) is 4.18. The fraction of sp³-hybridized carbons (Fsp3) is 0.0476. The van der Waals surface area contributed by atoms with E-state index in [1.807, 2.05) is 18.2 Å². The molecular formula is C21H15FN4O. The highest BCUT2D eigenvalue weighted by molar-refractivity contribution is 5.95. The third kappa shape index (κ3) is 3.13. The van der Waals surface area contributed by atoms with Crippen molar-refractivity contribution in [3.63, 3.8) is 0 Å². The fourth-order valence-electron chi connectivity index (χ4n) is 2.91. The van der Waals surface area contributed by atoms with Gasteiger partial charge in [0.2, 0.25) is 0 Å². The number of benzene rings is 2. The number of fused-ring (bicyclic) bond motifs is 1. The smallest absolute Gasteiger partial charge is 0.163 e. The highest BCUT2D eigenvalue weighted by Gasteiger charge is 2.14. The van der Waals surface area contributed by atoms with Crippen molar-refractivity contribution < 1.29 is 9.13 Å². The topological polar surface area (TPSA) is 60.8 Å². The number of hydrogen-bond donors (Lipinski definition) is 0. The van der Waals surface area contributed by atoms with Crippen molar-refractivity contribution in [3.05, 3.63) is 73.2 Å². The summed E-state index contributed by atoms with van der Waals surface area (Å²) in [5, 5.41) is 0.768. The van der Waals surface area contributed by atoms with E-state index in [-0.39, 0.29) is 5.82 Å². The minimum absolute atomic E-state index is 0.300. The van der Waals surface area contributed by atoms with Crippen LogP contribution in [0.15, 0.2) is 61.7 Å². The maximum absolute atomic E-state index is 13.7. The molecule has 27 heavy (non-hydrogen) atoms. The summed E-state index contributed by atoms with van der Waals surface area (Å²) in [5.74, 6) is 0.747. The molecule has 5 nitrogen and oxygen atoms in total. The lowest BCUT2D eigenvalue weighted by Gasteiger charge is -2.12. The fourth-order valence-corrected chi connectivity index (χ4v) is 2.91. The average molecular weight is 358 g/mol. The molecule has 2 aromatic carbocycles. The first kappa shape index (κ1) is 16.8. The molecule has 4 rings (SSSR count). The zero-order chi connectivity index (χ0) is 18.8. The van der Waals surface area contributed by atoms with Crippen LogP contribution in [0, 0.1) is 5.82 Å². The van der Waals surface area contributed by atoms with Crippen LogP contribution >= 0.6 is 0 Å². The summed E-state index contributed by atoms with van der Waals surface area (Å²) in [4.78, 5) is 17.3. The second-order valence-corrected chi connectivity index (χ2v) is 5.85. The predicted octanol–water partition coefficient (Wildman–Crippen LogP) is 4.54. The maximum atomic E-state index is 13.7. The number of halogens is 1. The zero-order valence-corrected chi connectivity index (χ0v) is 14.6. The lowest BCUT2D eigenvalue weighted by Crippen LogP contribution is -1.98. The lowest BCUT2D eigenvalue weighted by molar-refractivity contribution is 0.419. The van der Waals surface area contributed by atoms with Crippen molar-refractivity contribution >= 4 is 17.0 Å². The number of hydrogen-bond acceptors (Lipinski definition) is 5. The Morgan fingerprint density at radius 2 is 1.81 bits per heavy atom. The van der Waals surface area contributed by atoms with E-state index in [2.05, 4.69) is 26.5 Å². The SMILES string of the molecule is C=Cc1nc(-c2cncnc2)nc2c(OC)cc(-c3cccc(F)c3)cc12. The van der Waals surface area contributed by atoms with Gasteiger partial charge in [0.25, 0.3) is 0 Å². The molecular weight excluding hydrogens is 343 g/mol. The van der Waals surface area contributed by atoms with E-state index in [0.717, 1.165) is 16.5 Å². The lowest BCUT2D eigenvalue weighted by atomic mass is 10.0. The van der Waals surface area contributed by atoms with Crippen molar-refractivity contribution in [2.45, 2.75) is 0 Å². The summed E-state index contributed by atoms with van der Waals surface area (Å²) in [5.41, 5.74) is 3.53. The summed E-state index contributed by atoms with van der Waals surface area (Å²) in [6.45, 7) is 3.87. The summed E-state index contributed by atoms with van der Waals surface area (Å²) >= 11 is 0. The van der Waals surface area contributed by atoms with E-state index in [1.54, 1.807) is 31.6 Å². The Hall–Kier alpha value is -3.67. The molecule has 0 amide bonds. The van der Waals surface area contributed by atoms with Gasteiger partial charge in [0.1, 0.15) is 23.4 Å². The minimum Gasteiger partial charge on any atom is -0.494 e. The van der Waals surface area contributed by atoms with Gasteiger partial charge in [-0.05, 0) is 41.5 Å². The molecule has 6 heteroatoms. The zero-order valence-electron chi connectivity index (χ0n) is 14.6. The first-order valence-electron chi connectivity index (χ1n) is 8.23. The molecule has 0 saturated heterocycles. The molecule has 0 aliphatic rings. The standard InChI is InChI=1S/C21H15FN4O/c1-3-18-17-8-14(13-5-4-6-16(22)7-13)9-19(27-2)20(17)26-21(25-18)15-10-23-12-24-11-15/h3-12H,1H2,2H3. The maximum Gasteiger partial charge on any atom is 0.163 e. The van der Waals surface area contributed by atoms with Crippen molar-refractivity contribution in [3.8, 4) is 28.3 Å². The Morgan fingerprint density at radius 1 is 1.00 bits per heavy atom. The van der Waals surface area contributed by atoms with Gasteiger partial charge >= 0.3 is 0 Å². The monoisotopic (exact) mass is 358 g/mol. The molecule has 0 aliphatic carbocycles. The molecule has 0 atom stereocenters. The summed E-state index contributed by atoms with van der Waals surface area (Å²) < 4.78 is 19.2. The highest BCUT2D eigenvalue weighted by Crippen LogP contribution is 2.34. The first-order valence-corrected chi connectivity index (χ1v) is 8.23. The largest absolute Gasteiger partial charge is 0.494 e. The van der Waals surface area contributed by atoms with Gasteiger partial charge in [0, 0.05) is 17.8 Å². The molecule has 0 aliphatic heterocycles. The molecule has 0 saturated carbocycles. The van der Waals surface area contributed by atoms with Gasteiger partial charge < -0.3 is 4.74 Å². The number of nitrogens with zero attached hydrogens (tertiary/aromatic N) is 4. The Morgan fingerprint density at radius 3 is 2.52 bits per heavy atom. The van der Waals surface area contributed by atoms with Crippen LogP contribution in [0.1, 0.15) is 5.69 Å².